The van der Waals surface area contributed by atoms with Crippen molar-refractivity contribution in [3.8, 4) is 12.3 Å². The van der Waals surface area contributed by atoms with E-state index in [-0.39, 0.29) is 22.9 Å². The molecule has 0 saturated heterocycles. The second-order valence-electron chi connectivity index (χ2n) is 7.53. The summed E-state index contributed by atoms with van der Waals surface area (Å²) in [6.45, 7) is 4.43. The van der Waals surface area contributed by atoms with E-state index < -0.39 is 0 Å². The molecule has 0 atom stereocenters. The molecule has 0 aromatic heterocycles. The van der Waals surface area contributed by atoms with Gasteiger partial charge in [-0.2, -0.15) is 0 Å². The molecule has 2 rings (SSSR count). The number of hydrogen-bond acceptors (Lipinski definition) is 3. The molecule has 146 valence electrons. The Balaban J connectivity index is 2.20. The number of anilines is 1. The monoisotopic (exact) mass is 385 g/mol. The van der Waals surface area contributed by atoms with Crippen LogP contribution in [0.1, 0.15) is 71.6 Å². The van der Waals surface area contributed by atoms with Gasteiger partial charge >= 0.3 is 0 Å². The highest BCUT2D eigenvalue weighted by Crippen LogP contribution is 2.44. The maximum atomic E-state index is 13.4. The maximum Gasteiger partial charge on any atom is 0.230 e. The van der Waals surface area contributed by atoms with Crippen molar-refractivity contribution in [2.24, 2.45) is 11.3 Å². The zero-order valence-corrected chi connectivity index (χ0v) is 17.4. The van der Waals surface area contributed by atoms with E-state index in [4.69, 9.17) is 6.42 Å². The number of carbonyl (C=O) groups is 2. The van der Waals surface area contributed by atoms with Gasteiger partial charge in [-0.25, -0.2) is 0 Å². The van der Waals surface area contributed by atoms with Crippen LogP contribution in [-0.2, 0) is 9.59 Å². The molecule has 1 saturated carbocycles. The first-order valence-corrected chi connectivity index (χ1v) is 10.9. The molecule has 3 nitrogen and oxygen atoms in total. The van der Waals surface area contributed by atoms with Crippen molar-refractivity contribution in [1.82, 2.24) is 0 Å². The average Bonchev–Trinajstić information content (AvgIpc) is 2.68. The SMILES string of the molecule is C#CCC(=O)Sc1ccccc1NC(=O)C1(CC(CC)CC)CCCCC1. The minimum Gasteiger partial charge on any atom is -0.325 e. The summed E-state index contributed by atoms with van der Waals surface area (Å²) in [5.74, 6) is 3.08. The molecule has 0 heterocycles. The van der Waals surface area contributed by atoms with E-state index >= 15 is 0 Å². The first-order chi connectivity index (χ1) is 13.0. The normalized spacial score (nSPS) is 15.9. The van der Waals surface area contributed by atoms with E-state index in [1.165, 1.54) is 6.42 Å². The lowest BCUT2D eigenvalue weighted by molar-refractivity contribution is -0.128. The molecule has 27 heavy (non-hydrogen) atoms. The Labute approximate surface area is 168 Å². The molecule has 1 aromatic carbocycles. The van der Waals surface area contributed by atoms with Crippen LogP contribution in [0.25, 0.3) is 0 Å². The number of terminal acetylenes is 1. The lowest BCUT2D eigenvalue weighted by Gasteiger charge is -2.38. The van der Waals surface area contributed by atoms with Gasteiger partial charge in [-0.05, 0) is 49.1 Å². The number of amides is 1. The molecular formula is C23H31NO2S. The van der Waals surface area contributed by atoms with Crippen LogP contribution in [0, 0.1) is 23.7 Å². The van der Waals surface area contributed by atoms with Crippen molar-refractivity contribution in [1.29, 1.82) is 0 Å². The van der Waals surface area contributed by atoms with Crippen molar-refractivity contribution in [3.05, 3.63) is 24.3 Å². The zero-order valence-electron chi connectivity index (χ0n) is 16.6. The highest BCUT2D eigenvalue weighted by atomic mass is 32.2. The largest absolute Gasteiger partial charge is 0.325 e. The smallest absolute Gasteiger partial charge is 0.230 e. The Bertz CT molecular complexity index is 682. The third-order valence-electron chi connectivity index (χ3n) is 5.73. The van der Waals surface area contributed by atoms with Crippen LogP contribution in [0.3, 0.4) is 0 Å². The van der Waals surface area contributed by atoms with Crippen molar-refractivity contribution >= 4 is 28.5 Å². The Morgan fingerprint density at radius 3 is 2.48 bits per heavy atom. The van der Waals surface area contributed by atoms with Gasteiger partial charge in [0.05, 0.1) is 12.1 Å². The lowest BCUT2D eigenvalue weighted by atomic mass is 9.67. The van der Waals surface area contributed by atoms with E-state index in [2.05, 4.69) is 25.1 Å². The fourth-order valence-electron chi connectivity index (χ4n) is 4.04. The summed E-state index contributed by atoms with van der Waals surface area (Å²) in [6.07, 6.45) is 13.9. The molecular weight excluding hydrogens is 354 g/mol. The zero-order chi connectivity index (χ0) is 19.7. The van der Waals surface area contributed by atoms with Gasteiger partial charge in [-0.3, -0.25) is 9.59 Å². The number of thioether (sulfide) groups is 1. The molecule has 1 fully saturated rings. The Morgan fingerprint density at radius 2 is 1.85 bits per heavy atom. The summed E-state index contributed by atoms with van der Waals surface area (Å²) in [7, 11) is 0. The minimum atomic E-state index is -0.282. The molecule has 1 aliphatic rings. The van der Waals surface area contributed by atoms with E-state index in [1.54, 1.807) is 0 Å². The predicted octanol–water partition coefficient (Wildman–Crippen LogP) is 6.04. The highest BCUT2D eigenvalue weighted by Gasteiger charge is 2.40. The number of hydrogen-bond donors (Lipinski definition) is 1. The van der Waals surface area contributed by atoms with Crippen LogP contribution in [0.5, 0.6) is 0 Å². The second kappa shape index (κ2) is 10.6. The average molecular weight is 386 g/mol. The summed E-state index contributed by atoms with van der Waals surface area (Å²) in [5.41, 5.74) is 0.433. The van der Waals surface area contributed by atoms with Crippen LogP contribution in [0.2, 0.25) is 0 Å². The van der Waals surface area contributed by atoms with Gasteiger partial charge in [-0.15, -0.1) is 6.42 Å². The summed E-state index contributed by atoms with van der Waals surface area (Å²) >= 11 is 1.11. The molecule has 0 aliphatic heterocycles. The van der Waals surface area contributed by atoms with Crippen molar-refractivity contribution in [3.63, 3.8) is 0 Å². The van der Waals surface area contributed by atoms with E-state index in [9.17, 15) is 9.59 Å². The number of para-hydroxylation sites is 1. The first-order valence-electron chi connectivity index (χ1n) is 10.1. The number of rotatable bonds is 8. The summed E-state index contributed by atoms with van der Waals surface area (Å²) in [6, 6.07) is 7.50. The van der Waals surface area contributed by atoms with Crippen molar-refractivity contribution in [2.45, 2.75) is 76.5 Å². The van der Waals surface area contributed by atoms with Crippen LogP contribution < -0.4 is 5.32 Å². The van der Waals surface area contributed by atoms with Gasteiger partial charge in [0.1, 0.15) is 0 Å². The summed E-state index contributed by atoms with van der Waals surface area (Å²) in [5, 5.41) is 3.08. The Kier molecular flexibility index (Phi) is 8.44. The van der Waals surface area contributed by atoms with Crippen molar-refractivity contribution < 1.29 is 9.59 Å². The first kappa shape index (κ1) is 21.6. The van der Waals surface area contributed by atoms with Crippen LogP contribution >= 0.6 is 11.8 Å². The number of benzene rings is 1. The van der Waals surface area contributed by atoms with Crippen molar-refractivity contribution in [2.75, 3.05) is 5.32 Å². The Hall–Kier alpha value is -1.73. The second-order valence-corrected chi connectivity index (χ2v) is 8.63. The van der Waals surface area contributed by atoms with E-state index in [1.807, 2.05) is 24.3 Å². The number of carbonyl (C=O) groups excluding carboxylic acids is 2. The molecule has 1 amide bonds. The lowest BCUT2D eigenvalue weighted by Crippen LogP contribution is -2.39. The topological polar surface area (TPSA) is 46.2 Å². The minimum absolute atomic E-state index is 0.0800. The van der Waals surface area contributed by atoms with Gasteiger partial charge in [0.15, 0.2) is 0 Å². The maximum absolute atomic E-state index is 13.4. The van der Waals surface area contributed by atoms with E-state index in [0.717, 1.165) is 61.6 Å². The molecule has 1 N–H and O–H groups in total. The molecule has 4 heteroatoms. The number of nitrogens with one attached hydrogen (secondary N) is 1. The van der Waals surface area contributed by atoms with Gasteiger partial charge in [0.25, 0.3) is 0 Å². The molecule has 0 radical (unpaired) electrons. The van der Waals surface area contributed by atoms with Gasteiger partial charge in [0.2, 0.25) is 11.0 Å². The van der Waals surface area contributed by atoms with Crippen LogP contribution in [-0.4, -0.2) is 11.0 Å². The molecule has 0 bridgehead atoms. The fraction of sp³-hybridized carbons (Fsp3) is 0.565. The highest BCUT2D eigenvalue weighted by molar-refractivity contribution is 8.13. The van der Waals surface area contributed by atoms with Crippen LogP contribution in [0.15, 0.2) is 29.2 Å². The third kappa shape index (κ3) is 5.87. The standard InChI is InChI=1S/C23H31NO2S/c1-4-12-21(25)27-20-14-9-8-13-19(20)24-22(26)23(15-10-7-11-16-23)17-18(5-2)6-3/h1,8-9,13-14,18H,5-7,10-12,15-17H2,2-3H3,(H,24,26). The van der Waals surface area contributed by atoms with Gasteiger partial charge in [-0.1, -0.05) is 64.0 Å². The molecule has 1 aromatic rings. The molecule has 1 aliphatic carbocycles. The predicted molar refractivity (Wildman–Crippen MR) is 114 cm³/mol. The molecule has 0 spiro atoms. The van der Waals surface area contributed by atoms with Gasteiger partial charge in [0, 0.05) is 10.3 Å². The van der Waals surface area contributed by atoms with E-state index in [0.29, 0.717) is 11.6 Å². The summed E-state index contributed by atoms with van der Waals surface area (Å²) in [4.78, 5) is 26.1. The third-order valence-corrected chi connectivity index (χ3v) is 6.68. The fourth-order valence-corrected chi connectivity index (χ4v) is 4.81. The molecule has 0 unspecified atom stereocenters. The quantitative estimate of drug-likeness (QED) is 0.438. The van der Waals surface area contributed by atoms with Crippen LogP contribution in [0.4, 0.5) is 5.69 Å². The summed E-state index contributed by atoms with van der Waals surface area (Å²) < 4.78 is 0. The Morgan fingerprint density at radius 1 is 1.19 bits per heavy atom. The van der Waals surface area contributed by atoms with Gasteiger partial charge < -0.3 is 5.32 Å².